The summed E-state index contributed by atoms with van der Waals surface area (Å²) in [6.07, 6.45) is -2.54. The van der Waals surface area contributed by atoms with Crippen molar-refractivity contribution in [3.8, 4) is 0 Å². The van der Waals surface area contributed by atoms with E-state index in [1.54, 1.807) is 0 Å². The summed E-state index contributed by atoms with van der Waals surface area (Å²) in [4.78, 5) is 24.9. The number of amides is 1. The van der Waals surface area contributed by atoms with Crippen LogP contribution in [-0.2, 0) is 9.59 Å². The molecule has 1 fully saturated rings. The van der Waals surface area contributed by atoms with Crippen LogP contribution in [0.3, 0.4) is 0 Å². The number of nitrogens with zero attached hydrogens (tertiary/aromatic N) is 2. The third kappa shape index (κ3) is 3.34. The molecule has 90 valence electrons. The largest absolute Gasteiger partial charge is 0.471 e. The molecule has 1 rings (SSSR count). The molecule has 0 aromatic carbocycles. The molecule has 0 radical (unpaired) electrons. The molecule has 7 heteroatoms. The third-order valence-corrected chi connectivity index (χ3v) is 2.56. The molecule has 4 nitrogen and oxygen atoms in total. The number of piperidine rings is 1. The van der Waals surface area contributed by atoms with E-state index in [1.807, 2.05) is 0 Å². The summed E-state index contributed by atoms with van der Waals surface area (Å²) in [5, 5.41) is 0. The topological polar surface area (TPSA) is 49.7 Å². The van der Waals surface area contributed by atoms with Crippen LogP contribution in [-0.4, -0.2) is 42.7 Å². The van der Waals surface area contributed by atoms with E-state index in [0.717, 1.165) is 4.90 Å². The molecule has 1 saturated heterocycles. The maximum atomic E-state index is 12.1. The highest BCUT2D eigenvalue weighted by molar-refractivity contribution is 5.81. The summed E-state index contributed by atoms with van der Waals surface area (Å²) in [7, 11) is 0. The van der Waals surface area contributed by atoms with Crippen LogP contribution in [0.15, 0.2) is 4.99 Å². The van der Waals surface area contributed by atoms with E-state index in [0.29, 0.717) is 12.8 Å². The quantitative estimate of drug-likeness (QED) is 0.533. The van der Waals surface area contributed by atoms with Crippen molar-refractivity contribution in [3.63, 3.8) is 0 Å². The zero-order valence-electron chi connectivity index (χ0n) is 8.46. The Balaban J connectivity index is 2.43. The van der Waals surface area contributed by atoms with E-state index < -0.39 is 12.1 Å². The number of carbonyl (C=O) groups is 1. The summed E-state index contributed by atoms with van der Waals surface area (Å²) in [5.41, 5.74) is 0. The van der Waals surface area contributed by atoms with E-state index in [4.69, 9.17) is 0 Å². The lowest BCUT2D eigenvalue weighted by Crippen LogP contribution is -2.45. The Morgan fingerprint density at radius 2 is 1.94 bits per heavy atom. The van der Waals surface area contributed by atoms with Crippen LogP contribution in [0.2, 0.25) is 0 Å². The lowest BCUT2D eigenvalue weighted by atomic mass is 9.97. The predicted molar refractivity (Wildman–Crippen MR) is 48.3 cm³/mol. The van der Waals surface area contributed by atoms with Crippen molar-refractivity contribution >= 4 is 12.0 Å². The molecule has 0 bridgehead atoms. The number of aliphatic imine (C=N–C) groups is 1. The molecule has 0 N–H and O–H groups in total. The molecular weight excluding hydrogens is 225 g/mol. The second-order valence-corrected chi connectivity index (χ2v) is 3.67. The van der Waals surface area contributed by atoms with Crippen LogP contribution >= 0.6 is 0 Å². The highest BCUT2D eigenvalue weighted by Crippen LogP contribution is 2.23. The van der Waals surface area contributed by atoms with Gasteiger partial charge in [0.2, 0.25) is 6.08 Å². The first-order valence-electron chi connectivity index (χ1n) is 4.85. The maximum Gasteiger partial charge on any atom is 0.471 e. The molecule has 0 aliphatic carbocycles. The fraction of sp³-hybridized carbons (Fsp3) is 0.778. The van der Waals surface area contributed by atoms with E-state index in [9.17, 15) is 22.8 Å². The standard InChI is InChI=1S/C9H11F3N2O2/c10-9(11,12)8(16)14-3-1-7(2-4-14)5-13-6-15/h7H,1-5H2. The average Bonchev–Trinajstić information content (AvgIpc) is 2.25. The van der Waals surface area contributed by atoms with Crippen LogP contribution in [0, 0.1) is 5.92 Å². The van der Waals surface area contributed by atoms with Gasteiger partial charge in [-0.05, 0) is 18.8 Å². The predicted octanol–water partition coefficient (Wildman–Crippen LogP) is 1.12. The van der Waals surface area contributed by atoms with Gasteiger partial charge in [-0.25, -0.2) is 9.79 Å². The summed E-state index contributed by atoms with van der Waals surface area (Å²) in [5.74, 6) is -1.72. The molecule has 16 heavy (non-hydrogen) atoms. The third-order valence-electron chi connectivity index (χ3n) is 2.56. The number of halogens is 3. The molecule has 1 aliphatic heterocycles. The Labute approximate surface area is 90.1 Å². The minimum atomic E-state index is -4.80. The molecule has 0 atom stereocenters. The number of hydrogen-bond donors (Lipinski definition) is 0. The van der Waals surface area contributed by atoms with E-state index >= 15 is 0 Å². The molecule has 0 aromatic rings. The number of alkyl halides is 3. The van der Waals surface area contributed by atoms with E-state index in [2.05, 4.69) is 4.99 Å². The summed E-state index contributed by atoms with van der Waals surface area (Å²) in [6, 6.07) is 0. The van der Waals surface area contributed by atoms with Crippen molar-refractivity contribution in [3.05, 3.63) is 0 Å². The van der Waals surface area contributed by atoms with Crippen molar-refractivity contribution in [1.29, 1.82) is 0 Å². The zero-order chi connectivity index (χ0) is 12.2. The first-order valence-corrected chi connectivity index (χ1v) is 4.85. The molecule has 1 heterocycles. The number of isocyanates is 1. The second kappa shape index (κ2) is 5.12. The first kappa shape index (κ1) is 12.7. The summed E-state index contributed by atoms with van der Waals surface area (Å²) < 4.78 is 36.2. The van der Waals surface area contributed by atoms with Crippen molar-refractivity contribution in [1.82, 2.24) is 4.90 Å². The molecule has 1 aliphatic rings. The van der Waals surface area contributed by atoms with Gasteiger partial charge in [-0.15, -0.1) is 0 Å². The molecule has 0 saturated carbocycles. The Kier molecular flexibility index (Phi) is 4.06. The van der Waals surface area contributed by atoms with Crippen LogP contribution in [0.1, 0.15) is 12.8 Å². The van der Waals surface area contributed by atoms with Gasteiger partial charge in [0.25, 0.3) is 0 Å². The Morgan fingerprint density at radius 3 is 2.38 bits per heavy atom. The fourth-order valence-corrected chi connectivity index (χ4v) is 1.66. The Hall–Kier alpha value is -1.36. The van der Waals surface area contributed by atoms with Gasteiger partial charge in [-0.3, -0.25) is 4.79 Å². The number of hydrogen-bond acceptors (Lipinski definition) is 3. The van der Waals surface area contributed by atoms with Gasteiger partial charge < -0.3 is 4.90 Å². The highest BCUT2D eigenvalue weighted by Gasteiger charge is 2.43. The molecule has 0 spiro atoms. The zero-order valence-corrected chi connectivity index (χ0v) is 8.46. The van der Waals surface area contributed by atoms with Gasteiger partial charge in [-0.1, -0.05) is 0 Å². The van der Waals surface area contributed by atoms with Gasteiger partial charge in [0.1, 0.15) is 0 Å². The monoisotopic (exact) mass is 236 g/mol. The van der Waals surface area contributed by atoms with Gasteiger partial charge in [-0.2, -0.15) is 13.2 Å². The van der Waals surface area contributed by atoms with Gasteiger partial charge in [0.05, 0.1) is 6.54 Å². The normalized spacial score (nSPS) is 18.1. The van der Waals surface area contributed by atoms with Crippen LogP contribution in [0.25, 0.3) is 0 Å². The number of likely N-dealkylation sites (tertiary alicyclic amines) is 1. The lowest BCUT2D eigenvalue weighted by molar-refractivity contribution is -0.186. The number of rotatable bonds is 2. The van der Waals surface area contributed by atoms with Gasteiger partial charge >= 0.3 is 12.1 Å². The van der Waals surface area contributed by atoms with E-state index in [-0.39, 0.29) is 25.6 Å². The summed E-state index contributed by atoms with van der Waals surface area (Å²) >= 11 is 0. The molecule has 0 unspecified atom stereocenters. The smallest absolute Gasteiger partial charge is 0.335 e. The van der Waals surface area contributed by atoms with Gasteiger partial charge in [0.15, 0.2) is 0 Å². The molecule has 0 aromatic heterocycles. The van der Waals surface area contributed by atoms with E-state index in [1.165, 1.54) is 6.08 Å². The number of carbonyl (C=O) groups excluding carboxylic acids is 2. The fourth-order valence-electron chi connectivity index (χ4n) is 1.66. The Morgan fingerprint density at radius 1 is 1.38 bits per heavy atom. The highest BCUT2D eigenvalue weighted by atomic mass is 19.4. The first-order chi connectivity index (χ1) is 7.45. The average molecular weight is 236 g/mol. The Bertz CT molecular complexity index is 302. The van der Waals surface area contributed by atoms with Gasteiger partial charge in [0, 0.05) is 13.1 Å². The molecular formula is C9H11F3N2O2. The van der Waals surface area contributed by atoms with Crippen LogP contribution in [0.4, 0.5) is 13.2 Å². The lowest BCUT2D eigenvalue weighted by Gasteiger charge is -2.31. The van der Waals surface area contributed by atoms with Crippen molar-refractivity contribution in [2.45, 2.75) is 19.0 Å². The van der Waals surface area contributed by atoms with Crippen molar-refractivity contribution in [2.75, 3.05) is 19.6 Å². The SMILES string of the molecule is O=C=NCC1CCN(C(=O)C(F)(F)F)CC1. The van der Waals surface area contributed by atoms with Crippen molar-refractivity contribution < 1.29 is 22.8 Å². The minimum absolute atomic E-state index is 0.0669. The second-order valence-electron chi connectivity index (χ2n) is 3.67. The molecule has 1 amide bonds. The summed E-state index contributed by atoms with van der Waals surface area (Å²) in [6.45, 7) is 0.409. The van der Waals surface area contributed by atoms with Crippen LogP contribution in [0.5, 0.6) is 0 Å². The maximum absolute atomic E-state index is 12.1. The van der Waals surface area contributed by atoms with Crippen LogP contribution < -0.4 is 0 Å². The van der Waals surface area contributed by atoms with Crippen molar-refractivity contribution in [2.24, 2.45) is 10.9 Å². The minimum Gasteiger partial charge on any atom is -0.335 e.